The first-order valence-electron chi connectivity index (χ1n) is 6.94. The van der Waals surface area contributed by atoms with Gasteiger partial charge in [0, 0.05) is 10.7 Å². The van der Waals surface area contributed by atoms with Gasteiger partial charge in [0.2, 0.25) is 0 Å². The minimum atomic E-state index is -0.546. The summed E-state index contributed by atoms with van der Waals surface area (Å²) >= 11 is 10.9. The second kappa shape index (κ2) is 7.80. The smallest absolute Gasteiger partial charge is 0.273 e. The monoisotopic (exact) mass is 349 g/mol. The highest BCUT2D eigenvalue weighted by Crippen LogP contribution is 2.21. The molecule has 2 rings (SSSR count). The summed E-state index contributed by atoms with van der Waals surface area (Å²) in [6.45, 7) is 2.08. The van der Waals surface area contributed by atoms with Gasteiger partial charge < -0.3 is 10.4 Å². The number of amides is 1. The molecule has 0 atom stereocenters. The van der Waals surface area contributed by atoms with Crippen molar-refractivity contribution in [2.45, 2.75) is 13.3 Å². The van der Waals surface area contributed by atoms with E-state index in [9.17, 15) is 9.90 Å². The van der Waals surface area contributed by atoms with E-state index in [0.29, 0.717) is 5.02 Å². The quantitative estimate of drug-likeness (QED) is 0.505. The van der Waals surface area contributed by atoms with E-state index in [2.05, 4.69) is 23.1 Å². The Labute approximate surface area is 144 Å². The number of hydrogen-bond acceptors (Lipinski definition) is 3. The van der Waals surface area contributed by atoms with Crippen LogP contribution in [-0.4, -0.2) is 16.1 Å². The number of thiocarbonyl (C=S) groups is 1. The third-order valence-corrected chi connectivity index (χ3v) is 3.55. The van der Waals surface area contributed by atoms with E-state index in [1.165, 1.54) is 23.8 Å². The van der Waals surface area contributed by atoms with E-state index in [-0.39, 0.29) is 16.4 Å². The Balaban J connectivity index is 1.90. The molecule has 0 unspecified atom stereocenters. The van der Waals surface area contributed by atoms with Gasteiger partial charge in [0.1, 0.15) is 5.75 Å². The Morgan fingerprint density at radius 3 is 2.52 bits per heavy atom. The maximum atomic E-state index is 12.0. The van der Waals surface area contributed by atoms with Crippen molar-refractivity contribution in [2.24, 2.45) is 0 Å². The molecular formula is C16H16ClN3O2S. The summed E-state index contributed by atoms with van der Waals surface area (Å²) in [6, 6.07) is 12.0. The highest BCUT2D eigenvalue weighted by Gasteiger charge is 2.11. The SMILES string of the molecule is CCc1ccc(NC(=S)NNC(=O)c2cc(Cl)ccc2O)cc1. The minimum absolute atomic E-state index is 0.0556. The fourth-order valence-corrected chi connectivity index (χ4v) is 2.20. The molecular weight excluding hydrogens is 334 g/mol. The van der Waals surface area contributed by atoms with Crippen molar-refractivity contribution < 1.29 is 9.90 Å². The van der Waals surface area contributed by atoms with Crippen LogP contribution in [0.5, 0.6) is 5.75 Å². The fraction of sp³-hybridized carbons (Fsp3) is 0.125. The molecule has 120 valence electrons. The van der Waals surface area contributed by atoms with E-state index in [1.807, 2.05) is 24.3 Å². The number of hydrogen-bond donors (Lipinski definition) is 4. The van der Waals surface area contributed by atoms with Crippen molar-refractivity contribution in [3.05, 3.63) is 58.6 Å². The molecule has 0 fully saturated rings. The third-order valence-electron chi connectivity index (χ3n) is 3.11. The number of benzene rings is 2. The maximum absolute atomic E-state index is 12.0. The summed E-state index contributed by atoms with van der Waals surface area (Å²) in [5, 5.41) is 13.2. The maximum Gasteiger partial charge on any atom is 0.273 e. The minimum Gasteiger partial charge on any atom is -0.507 e. The van der Waals surface area contributed by atoms with Gasteiger partial charge in [0.25, 0.3) is 5.91 Å². The van der Waals surface area contributed by atoms with Crippen LogP contribution in [-0.2, 0) is 6.42 Å². The summed E-state index contributed by atoms with van der Waals surface area (Å²) in [7, 11) is 0. The summed E-state index contributed by atoms with van der Waals surface area (Å²) in [5.74, 6) is -0.710. The molecule has 0 aliphatic rings. The molecule has 0 heterocycles. The Morgan fingerprint density at radius 2 is 1.87 bits per heavy atom. The van der Waals surface area contributed by atoms with Crippen molar-refractivity contribution in [3.8, 4) is 5.75 Å². The first kappa shape index (κ1) is 17.1. The second-order valence-electron chi connectivity index (χ2n) is 4.75. The first-order chi connectivity index (χ1) is 11.0. The first-order valence-corrected chi connectivity index (χ1v) is 7.73. The molecule has 0 bridgehead atoms. The standard InChI is InChI=1S/C16H16ClN3O2S/c1-2-10-3-6-12(7-4-10)18-16(23)20-19-15(22)13-9-11(17)5-8-14(13)21/h3-9,21H,2H2,1H3,(H,19,22)(H2,18,20,23). The molecule has 4 N–H and O–H groups in total. The van der Waals surface area contributed by atoms with Crippen molar-refractivity contribution in [3.63, 3.8) is 0 Å². The molecule has 0 aliphatic heterocycles. The molecule has 2 aromatic rings. The van der Waals surface area contributed by atoms with Crippen LogP contribution in [0, 0.1) is 0 Å². The lowest BCUT2D eigenvalue weighted by Crippen LogP contribution is -2.43. The molecule has 2 aromatic carbocycles. The van der Waals surface area contributed by atoms with Crippen molar-refractivity contribution in [1.82, 2.24) is 10.9 Å². The lowest BCUT2D eigenvalue weighted by atomic mass is 10.1. The average molecular weight is 350 g/mol. The predicted octanol–water partition coefficient (Wildman–Crippen LogP) is 3.24. The van der Waals surface area contributed by atoms with Crippen LogP contribution in [0.15, 0.2) is 42.5 Å². The van der Waals surface area contributed by atoms with Crippen LogP contribution in [0.2, 0.25) is 5.02 Å². The van der Waals surface area contributed by atoms with Crippen molar-refractivity contribution in [1.29, 1.82) is 0 Å². The van der Waals surface area contributed by atoms with Gasteiger partial charge in [-0.25, -0.2) is 0 Å². The van der Waals surface area contributed by atoms with Gasteiger partial charge in [-0.3, -0.25) is 15.6 Å². The number of carbonyl (C=O) groups excluding carboxylic acids is 1. The molecule has 0 spiro atoms. The fourth-order valence-electron chi connectivity index (χ4n) is 1.86. The summed E-state index contributed by atoms with van der Waals surface area (Å²) in [5.41, 5.74) is 7.05. The third kappa shape index (κ3) is 4.84. The van der Waals surface area contributed by atoms with Crippen LogP contribution in [0.1, 0.15) is 22.8 Å². The van der Waals surface area contributed by atoms with Crippen LogP contribution >= 0.6 is 23.8 Å². The normalized spacial score (nSPS) is 10.0. The Kier molecular flexibility index (Phi) is 5.78. The molecule has 0 aromatic heterocycles. The number of anilines is 1. The Morgan fingerprint density at radius 1 is 1.17 bits per heavy atom. The molecule has 5 nitrogen and oxygen atoms in total. The van der Waals surface area contributed by atoms with Crippen LogP contribution in [0.25, 0.3) is 0 Å². The van der Waals surface area contributed by atoms with E-state index < -0.39 is 5.91 Å². The summed E-state index contributed by atoms with van der Waals surface area (Å²) in [6.07, 6.45) is 0.960. The van der Waals surface area contributed by atoms with E-state index in [4.69, 9.17) is 23.8 Å². The highest BCUT2D eigenvalue weighted by molar-refractivity contribution is 7.80. The summed E-state index contributed by atoms with van der Waals surface area (Å²) in [4.78, 5) is 12.0. The zero-order valence-corrected chi connectivity index (χ0v) is 14.0. The van der Waals surface area contributed by atoms with Crippen LogP contribution in [0.4, 0.5) is 5.69 Å². The average Bonchev–Trinajstić information content (AvgIpc) is 2.55. The molecule has 0 aliphatic carbocycles. The molecule has 0 saturated heterocycles. The predicted molar refractivity (Wildman–Crippen MR) is 95.8 cm³/mol. The molecule has 1 amide bonds. The number of phenols is 1. The van der Waals surface area contributed by atoms with Gasteiger partial charge in [-0.1, -0.05) is 30.7 Å². The van der Waals surface area contributed by atoms with E-state index in [0.717, 1.165) is 12.1 Å². The molecule has 23 heavy (non-hydrogen) atoms. The largest absolute Gasteiger partial charge is 0.507 e. The van der Waals surface area contributed by atoms with Gasteiger partial charge in [0.05, 0.1) is 5.56 Å². The van der Waals surface area contributed by atoms with E-state index in [1.54, 1.807) is 0 Å². The summed E-state index contributed by atoms with van der Waals surface area (Å²) < 4.78 is 0. The zero-order valence-electron chi connectivity index (χ0n) is 12.4. The number of rotatable bonds is 3. The van der Waals surface area contributed by atoms with Crippen molar-refractivity contribution in [2.75, 3.05) is 5.32 Å². The number of nitrogens with one attached hydrogen (secondary N) is 3. The van der Waals surface area contributed by atoms with Gasteiger partial charge in [-0.15, -0.1) is 0 Å². The number of halogens is 1. The van der Waals surface area contributed by atoms with Gasteiger partial charge in [-0.2, -0.15) is 0 Å². The molecule has 0 radical (unpaired) electrons. The topological polar surface area (TPSA) is 73.4 Å². The number of aromatic hydroxyl groups is 1. The molecule has 7 heteroatoms. The number of hydrazine groups is 1. The number of aryl methyl sites for hydroxylation is 1. The Hall–Kier alpha value is -2.31. The number of phenolic OH excluding ortho intramolecular Hbond substituents is 1. The van der Waals surface area contributed by atoms with Crippen molar-refractivity contribution >= 4 is 40.5 Å². The second-order valence-corrected chi connectivity index (χ2v) is 5.59. The number of carbonyl (C=O) groups is 1. The van der Waals surface area contributed by atoms with Crippen LogP contribution < -0.4 is 16.2 Å². The van der Waals surface area contributed by atoms with Crippen LogP contribution in [0.3, 0.4) is 0 Å². The van der Waals surface area contributed by atoms with Gasteiger partial charge in [-0.05, 0) is 54.5 Å². The lowest BCUT2D eigenvalue weighted by molar-refractivity contribution is 0.0941. The lowest BCUT2D eigenvalue weighted by Gasteiger charge is -2.12. The van der Waals surface area contributed by atoms with Gasteiger partial charge in [0.15, 0.2) is 5.11 Å². The highest BCUT2D eigenvalue weighted by atomic mass is 35.5. The Bertz CT molecular complexity index is 720. The molecule has 0 saturated carbocycles. The van der Waals surface area contributed by atoms with Gasteiger partial charge >= 0.3 is 0 Å². The zero-order chi connectivity index (χ0) is 16.8. The van der Waals surface area contributed by atoms with E-state index >= 15 is 0 Å².